The lowest BCUT2D eigenvalue weighted by Gasteiger charge is -2.20. The number of fused-ring (bicyclic) bond motifs is 1. The second-order valence-corrected chi connectivity index (χ2v) is 12.5. The molecule has 0 spiro atoms. The van der Waals surface area contributed by atoms with Gasteiger partial charge in [0, 0.05) is 33.5 Å². The molecular formula is C18H20S6. The Balaban J connectivity index is 1.74. The van der Waals surface area contributed by atoms with E-state index in [4.69, 9.17) is 0 Å². The minimum Gasteiger partial charge on any atom is -0.178 e. The van der Waals surface area contributed by atoms with E-state index in [1.165, 1.54) is 33.4 Å². The minimum atomic E-state index is 0.554. The van der Waals surface area contributed by atoms with Crippen molar-refractivity contribution in [2.75, 3.05) is 23.0 Å². The van der Waals surface area contributed by atoms with Gasteiger partial charge in [-0.15, -0.1) is 47.0 Å². The first-order chi connectivity index (χ1) is 11.8. The van der Waals surface area contributed by atoms with Gasteiger partial charge in [-0.1, -0.05) is 24.3 Å². The standard InChI is InChI=1S/C18H20S6/c19-7-13-9-21-17(23-13)15-5-11-3-1-2-4-12(11)6-16(15)18-22-10-14(8-20)24-18/h1-6,13-14,17-20H,7-10H2. The lowest BCUT2D eigenvalue weighted by Crippen LogP contribution is -2.02. The maximum Gasteiger partial charge on any atom is 0.0758 e. The van der Waals surface area contributed by atoms with Crippen molar-refractivity contribution in [2.24, 2.45) is 0 Å². The summed E-state index contributed by atoms with van der Waals surface area (Å²) in [4.78, 5) is 0. The summed E-state index contributed by atoms with van der Waals surface area (Å²) in [5.74, 6) is 4.39. The topological polar surface area (TPSA) is 0 Å². The molecule has 2 saturated heterocycles. The third kappa shape index (κ3) is 3.74. The van der Waals surface area contributed by atoms with E-state index in [9.17, 15) is 0 Å². The quantitative estimate of drug-likeness (QED) is 0.541. The highest BCUT2D eigenvalue weighted by molar-refractivity contribution is 8.20. The normalized spacial score (nSPS) is 30.2. The van der Waals surface area contributed by atoms with Crippen LogP contribution in [0.5, 0.6) is 0 Å². The van der Waals surface area contributed by atoms with E-state index in [1.807, 2.05) is 0 Å². The van der Waals surface area contributed by atoms with Crippen LogP contribution in [0.25, 0.3) is 10.8 Å². The number of thiol groups is 2. The Hall–Kier alpha value is 0.800. The fourth-order valence-corrected chi connectivity index (χ4v) is 10.7. The highest BCUT2D eigenvalue weighted by Gasteiger charge is 2.33. The first kappa shape index (κ1) is 18.2. The Morgan fingerprint density at radius 1 is 0.792 bits per heavy atom. The molecule has 2 aromatic rings. The number of rotatable bonds is 4. The van der Waals surface area contributed by atoms with Gasteiger partial charge >= 0.3 is 0 Å². The Labute approximate surface area is 172 Å². The van der Waals surface area contributed by atoms with Crippen molar-refractivity contribution >= 4 is 83.1 Å². The molecule has 4 atom stereocenters. The lowest BCUT2D eigenvalue weighted by molar-refractivity contribution is 1.17. The molecule has 2 aliphatic rings. The summed E-state index contributed by atoms with van der Waals surface area (Å²) >= 11 is 17.4. The molecule has 128 valence electrons. The molecule has 0 radical (unpaired) electrons. The van der Waals surface area contributed by atoms with Gasteiger partial charge in [0.1, 0.15) is 0 Å². The summed E-state index contributed by atoms with van der Waals surface area (Å²) < 4.78 is 1.11. The van der Waals surface area contributed by atoms with Crippen molar-refractivity contribution in [3.05, 3.63) is 47.5 Å². The zero-order valence-corrected chi connectivity index (χ0v) is 18.2. The zero-order valence-electron chi connectivity index (χ0n) is 13.1. The summed E-state index contributed by atoms with van der Waals surface area (Å²) in [6.45, 7) is 0. The van der Waals surface area contributed by atoms with E-state index in [-0.39, 0.29) is 0 Å². The van der Waals surface area contributed by atoms with Crippen molar-refractivity contribution in [1.82, 2.24) is 0 Å². The summed E-state index contributed by atoms with van der Waals surface area (Å²) in [5, 5.41) is 4.09. The van der Waals surface area contributed by atoms with Gasteiger partial charge in [0.2, 0.25) is 0 Å². The van der Waals surface area contributed by atoms with Gasteiger partial charge in [-0.2, -0.15) is 25.3 Å². The SMILES string of the molecule is SCC1CSC(c2cc3ccccc3cc2C2SCC(CS)S2)S1. The summed E-state index contributed by atoms with van der Waals surface area (Å²) in [5.41, 5.74) is 3.08. The molecule has 2 fully saturated rings. The van der Waals surface area contributed by atoms with Crippen LogP contribution in [0.15, 0.2) is 36.4 Å². The number of hydrogen-bond donors (Lipinski definition) is 2. The molecule has 4 rings (SSSR count). The van der Waals surface area contributed by atoms with Gasteiger partial charge in [-0.3, -0.25) is 0 Å². The average molecular weight is 429 g/mol. The van der Waals surface area contributed by atoms with Crippen molar-refractivity contribution in [1.29, 1.82) is 0 Å². The van der Waals surface area contributed by atoms with Crippen LogP contribution in [-0.2, 0) is 0 Å². The van der Waals surface area contributed by atoms with E-state index in [0.717, 1.165) is 11.5 Å². The van der Waals surface area contributed by atoms with Gasteiger partial charge in [0.05, 0.1) is 9.16 Å². The van der Waals surface area contributed by atoms with Crippen molar-refractivity contribution in [2.45, 2.75) is 19.7 Å². The van der Waals surface area contributed by atoms with Crippen molar-refractivity contribution in [3.63, 3.8) is 0 Å². The highest BCUT2D eigenvalue weighted by atomic mass is 32.2. The molecule has 0 nitrogen and oxygen atoms in total. The van der Waals surface area contributed by atoms with Gasteiger partial charge in [-0.25, -0.2) is 0 Å². The van der Waals surface area contributed by atoms with Gasteiger partial charge in [0.15, 0.2) is 0 Å². The summed E-state index contributed by atoms with van der Waals surface area (Å²) in [6.07, 6.45) is 0. The Kier molecular flexibility index (Phi) is 6.22. The zero-order chi connectivity index (χ0) is 16.5. The second kappa shape index (κ2) is 8.22. The first-order valence-corrected chi connectivity index (χ1v) is 13.3. The van der Waals surface area contributed by atoms with E-state index in [2.05, 4.69) is 109 Å². The molecular weight excluding hydrogens is 409 g/mol. The number of thioether (sulfide) groups is 4. The minimum absolute atomic E-state index is 0.554. The number of benzene rings is 2. The maximum atomic E-state index is 4.51. The van der Waals surface area contributed by atoms with E-state index < -0.39 is 0 Å². The second-order valence-electron chi connectivity index (χ2n) is 6.04. The molecule has 0 amide bonds. The molecule has 2 aromatic carbocycles. The van der Waals surface area contributed by atoms with Crippen LogP contribution in [0.3, 0.4) is 0 Å². The fraction of sp³-hybridized carbons (Fsp3) is 0.444. The monoisotopic (exact) mass is 428 g/mol. The maximum absolute atomic E-state index is 4.51. The van der Waals surface area contributed by atoms with E-state index in [1.54, 1.807) is 0 Å². The molecule has 2 heterocycles. The highest BCUT2D eigenvalue weighted by Crippen LogP contribution is 2.56. The first-order valence-electron chi connectivity index (χ1n) is 8.07. The van der Waals surface area contributed by atoms with Crippen LogP contribution in [0, 0.1) is 0 Å². The average Bonchev–Trinajstić information content (AvgIpc) is 3.29. The molecule has 0 saturated carbocycles. The predicted octanol–water partition coefficient (Wildman–Crippen LogP) is 6.39. The lowest BCUT2D eigenvalue weighted by atomic mass is 10.0. The van der Waals surface area contributed by atoms with Crippen LogP contribution < -0.4 is 0 Å². The van der Waals surface area contributed by atoms with E-state index in [0.29, 0.717) is 19.7 Å². The molecule has 0 aromatic heterocycles. The molecule has 24 heavy (non-hydrogen) atoms. The molecule has 4 unspecified atom stereocenters. The predicted molar refractivity (Wildman–Crippen MR) is 125 cm³/mol. The van der Waals surface area contributed by atoms with Gasteiger partial charge in [-0.05, 0) is 34.0 Å². The molecule has 0 N–H and O–H groups in total. The summed E-state index contributed by atoms with van der Waals surface area (Å²) in [7, 11) is 0. The van der Waals surface area contributed by atoms with Gasteiger partial charge < -0.3 is 0 Å². The largest absolute Gasteiger partial charge is 0.178 e. The fourth-order valence-electron chi connectivity index (χ4n) is 3.10. The van der Waals surface area contributed by atoms with Crippen LogP contribution >= 0.6 is 72.3 Å². The Bertz CT molecular complexity index is 657. The van der Waals surface area contributed by atoms with Crippen molar-refractivity contribution in [3.8, 4) is 0 Å². The smallest absolute Gasteiger partial charge is 0.0758 e. The number of hydrogen-bond acceptors (Lipinski definition) is 6. The molecule has 6 heteroatoms. The third-order valence-corrected chi connectivity index (χ3v) is 12.4. The van der Waals surface area contributed by atoms with Crippen molar-refractivity contribution < 1.29 is 0 Å². The molecule has 2 aliphatic heterocycles. The molecule has 0 bridgehead atoms. The van der Waals surface area contributed by atoms with Crippen LogP contribution in [0.2, 0.25) is 0 Å². The Morgan fingerprint density at radius 3 is 1.62 bits per heavy atom. The third-order valence-electron chi connectivity index (χ3n) is 4.37. The van der Waals surface area contributed by atoms with Crippen LogP contribution in [-0.4, -0.2) is 33.5 Å². The summed E-state index contributed by atoms with van der Waals surface area (Å²) in [6, 6.07) is 13.7. The Morgan fingerprint density at radius 2 is 1.25 bits per heavy atom. The van der Waals surface area contributed by atoms with Crippen LogP contribution in [0.4, 0.5) is 0 Å². The van der Waals surface area contributed by atoms with E-state index >= 15 is 0 Å². The van der Waals surface area contributed by atoms with Crippen LogP contribution in [0.1, 0.15) is 20.3 Å². The van der Waals surface area contributed by atoms with Gasteiger partial charge in [0.25, 0.3) is 0 Å². The molecule has 0 aliphatic carbocycles.